The van der Waals surface area contributed by atoms with Crippen LogP contribution in [0.1, 0.15) is 20.3 Å². The van der Waals surface area contributed by atoms with Crippen LogP contribution in [0.15, 0.2) is 14.4 Å². The Kier molecular flexibility index (Phi) is 3.28. The lowest BCUT2D eigenvalue weighted by Crippen LogP contribution is -2.53. The first-order valence-corrected chi connectivity index (χ1v) is 4.95. The first kappa shape index (κ1) is 11.5. The van der Waals surface area contributed by atoms with Gasteiger partial charge in [-0.05, 0) is 13.3 Å². The van der Waals surface area contributed by atoms with Gasteiger partial charge in [0.15, 0.2) is 0 Å². The first-order valence-electron chi connectivity index (χ1n) is 4.95. The van der Waals surface area contributed by atoms with Gasteiger partial charge in [-0.15, -0.1) is 0 Å². The molecule has 0 saturated heterocycles. The molecule has 1 aromatic heterocycles. The monoisotopic (exact) mass is 213 g/mol. The van der Waals surface area contributed by atoms with Gasteiger partial charge in [0.1, 0.15) is 0 Å². The Morgan fingerprint density at radius 3 is 1.93 bits per heavy atom. The molecule has 0 spiro atoms. The molecule has 0 aliphatic heterocycles. The second-order valence-electron chi connectivity index (χ2n) is 3.30. The van der Waals surface area contributed by atoms with Crippen LogP contribution in [0.3, 0.4) is 0 Å². The molecule has 6 heteroatoms. The zero-order chi connectivity index (χ0) is 11.6. The standard InChI is InChI=1S/C9H15N3O3/c1-4-6-12-8(14)10(3)7(13)11(5-2)9(12)15/h4-6H2,1-3H3. The van der Waals surface area contributed by atoms with Crippen LogP contribution in [0, 0.1) is 0 Å². The van der Waals surface area contributed by atoms with Crippen LogP contribution in [0.25, 0.3) is 0 Å². The van der Waals surface area contributed by atoms with E-state index in [9.17, 15) is 14.4 Å². The van der Waals surface area contributed by atoms with Gasteiger partial charge >= 0.3 is 17.1 Å². The van der Waals surface area contributed by atoms with Crippen molar-refractivity contribution in [2.75, 3.05) is 0 Å². The quantitative estimate of drug-likeness (QED) is 0.656. The highest BCUT2D eigenvalue weighted by Gasteiger charge is 2.10. The molecule has 0 radical (unpaired) electrons. The van der Waals surface area contributed by atoms with E-state index < -0.39 is 17.1 Å². The maximum atomic E-state index is 11.7. The molecule has 6 nitrogen and oxygen atoms in total. The molecule has 15 heavy (non-hydrogen) atoms. The van der Waals surface area contributed by atoms with E-state index in [2.05, 4.69) is 0 Å². The summed E-state index contributed by atoms with van der Waals surface area (Å²) in [5.74, 6) is 0. The molecular weight excluding hydrogens is 198 g/mol. The number of nitrogens with zero attached hydrogens (tertiary/aromatic N) is 3. The van der Waals surface area contributed by atoms with Crippen molar-refractivity contribution in [3.63, 3.8) is 0 Å². The highest BCUT2D eigenvalue weighted by Crippen LogP contribution is 1.78. The lowest BCUT2D eigenvalue weighted by atomic mass is 10.5. The molecule has 0 aliphatic rings. The summed E-state index contributed by atoms with van der Waals surface area (Å²) in [6, 6.07) is 0. The summed E-state index contributed by atoms with van der Waals surface area (Å²) in [6.07, 6.45) is 0.678. The molecule has 0 unspecified atom stereocenters. The van der Waals surface area contributed by atoms with Crippen molar-refractivity contribution in [1.82, 2.24) is 13.7 Å². The van der Waals surface area contributed by atoms with E-state index in [1.165, 1.54) is 7.05 Å². The van der Waals surface area contributed by atoms with Crippen LogP contribution < -0.4 is 17.1 Å². The number of aromatic nitrogens is 3. The van der Waals surface area contributed by atoms with Crippen molar-refractivity contribution in [3.8, 4) is 0 Å². The summed E-state index contributed by atoms with van der Waals surface area (Å²) in [7, 11) is 1.38. The highest BCUT2D eigenvalue weighted by atomic mass is 16.2. The van der Waals surface area contributed by atoms with E-state index in [1.54, 1.807) is 6.92 Å². The minimum absolute atomic E-state index is 0.273. The van der Waals surface area contributed by atoms with Gasteiger partial charge in [-0.3, -0.25) is 0 Å². The lowest BCUT2D eigenvalue weighted by molar-refractivity contribution is 0.477. The fourth-order valence-corrected chi connectivity index (χ4v) is 1.44. The molecule has 1 heterocycles. The summed E-state index contributed by atoms with van der Waals surface area (Å²) in [5.41, 5.74) is -1.62. The van der Waals surface area contributed by atoms with Gasteiger partial charge in [-0.2, -0.15) is 0 Å². The predicted molar refractivity (Wildman–Crippen MR) is 56.2 cm³/mol. The average Bonchev–Trinajstić information content (AvgIpc) is 2.22. The molecule has 0 aromatic carbocycles. The third-order valence-electron chi connectivity index (χ3n) is 2.26. The van der Waals surface area contributed by atoms with Gasteiger partial charge in [0, 0.05) is 20.1 Å². The van der Waals surface area contributed by atoms with Crippen molar-refractivity contribution < 1.29 is 0 Å². The van der Waals surface area contributed by atoms with E-state index in [1.807, 2.05) is 6.92 Å². The number of hydrogen-bond acceptors (Lipinski definition) is 3. The fraction of sp³-hybridized carbons (Fsp3) is 0.667. The Hall–Kier alpha value is -1.59. The Morgan fingerprint density at radius 1 is 0.933 bits per heavy atom. The molecule has 0 atom stereocenters. The molecule has 84 valence electrons. The van der Waals surface area contributed by atoms with E-state index >= 15 is 0 Å². The fourth-order valence-electron chi connectivity index (χ4n) is 1.44. The maximum Gasteiger partial charge on any atom is 0.336 e. The Labute approximate surface area is 86.4 Å². The smallest absolute Gasteiger partial charge is 0.248 e. The molecule has 0 aliphatic carbocycles. The van der Waals surface area contributed by atoms with Crippen molar-refractivity contribution >= 4 is 0 Å². The van der Waals surface area contributed by atoms with Crippen molar-refractivity contribution in [2.45, 2.75) is 33.4 Å². The normalized spacial score (nSPS) is 10.6. The van der Waals surface area contributed by atoms with Gasteiger partial charge < -0.3 is 0 Å². The van der Waals surface area contributed by atoms with Crippen LogP contribution in [0.2, 0.25) is 0 Å². The minimum atomic E-state index is -0.556. The summed E-state index contributed by atoms with van der Waals surface area (Å²) in [6.45, 7) is 4.18. The van der Waals surface area contributed by atoms with Crippen LogP contribution in [0.5, 0.6) is 0 Å². The molecule has 1 aromatic rings. The van der Waals surface area contributed by atoms with Crippen molar-refractivity contribution in [1.29, 1.82) is 0 Å². The predicted octanol–water partition coefficient (Wildman–Crippen LogP) is -0.861. The third kappa shape index (κ3) is 1.79. The van der Waals surface area contributed by atoms with Crippen LogP contribution in [-0.2, 0) is 20.1 Å². The van der Waals surface area contributed by atoms with Gasteiger partial charge in [0.05, 0.1) is 0 Å². The maximum absolute atomic E-state index is 11.7. The van der Waals surface area contributed by atoms with Gasteiger partial charge in [-0.1, -0.05) is 6.92 Å². The zero-order valence-corrected chi connectivity index (χ0v) is 9.19. The van der Waals surface area contributed by atoms with E-state index in [0.29, 0.717) is 13.0 Å². The molecular formula is C9H15N3O3. The summed E-state index contributed by atoms with van der Waals surface area (Å²) >= 11 is 0. The van der Waals surface area contributed by atoms with E-state index in [0.717, 1.165) is 13.7 Å². The molecule has 0 bridgehead atoms. The van der Waals surface area contributed by atoms with Crippen LogP contribution >= 0.6 is 0 Å². The van der Waals surface area contributed by atoms with Crippen molar-refractivity contribution in [3.05, 3.63) is 31.5 Å². The number of hydrogen-bond donors (Lipinski definition) is 0. The average molecular weight is 213 g/mol. The zero-order valence-electron chi connectivity index (χ0n) is 9.19. The van der Waals surface area contributed by atoms with E-state index in [-0.39, 0.29) is 6.54 Å². The molecule has 0 saturated carbocycles. The SMILES string of the molecule is CCCn1c(=O)n(C)c(=O)n(CC)c1=O. The Morgan fingerprint density at radius 2 is 1.47 bits per heavy atom. The number of rotatable bonds is 3. The second kappa shape index (κ2) is 4.29. The van der Waals surface area contributed by atoms with Gasteiger partial charge in [0.2, 0.25) is 0 Å². The molecule has 1 rings (SSSR count). The summed E-state index contributed by atoms with van der Waals surface area (Å²) in [4.78, 5) is 34.8. The van der Waals surface area contributed by atoms with Gasteiger partial charge in [-0.25, -0.2) is 28.1 Å². The van der Waals surface area contributed by atoms with E-state index in [4.69, 9.17) is 0 Å². The Balaban J connectivity index is 3.69. The lowest BCUT2D eigenvalue weighted by Gasteiger charge is -2.08. The summed E-state index contributed by atoms with van der Waals surface area (Å²) < 4.78 is 3.10. The Bertz CT molecular complexity index is 521. The minimum Gasteiger partial charge on any atom is -0.248 e. The largest absolute Gasteiger partial charge is 0.336 e. The molecule has 0 N–H and O–H groups in total. The molecule has 0 amide bonds. The first-order chi connectivity index (χ1) is 7.04. The second-order valence-corrected chi connectivity index (χ2v) is 3.30. The summed E-state index contributed by atoms with van der Waals surface area (Å²) in [5, 5.41) is 0. The highest BCUT2D eigenvalue weighted by molar-refractivity contribution is 4.76. The van der Waals surface area contributed by atoms with Gasteiger partial charge in [0.25, 0.3) is 0 Å². The topological polar surface area (TPSA) is 66.0 Å². The van der Waals surface area contributed by atoms with Crippen LogP contribution in [0.4, 0.5) is 0 Å². The van der Waals surface area contributed by atoms with Crippen LogP contribution in [-0.4, -0.2) is 13.7 Å². The van der Waals surface area contributed by atoms with Crippen molar-refractivity contribution in [2.24, 2.45) is 7.05 Å². The molecule has 0 fully saturated rings. The third-order valence-corrected chi connectivity index (χ3v) is 2.26.